The second kappa shape index (κ2) is 6.00. The minimum atomic E-state index is -0.0763. The van der Waals surface area contributed by atoms with Crippen molar-refractivity contribution in [2.45, 2.75) is 25.9 Å². The van der Waals surface area contributed by atoms with Gasteiger partial charge in [0.05, 0.1) is 22.4 Å². The maximum absolute atomic E-state index is 6.45. The van der Waals surface area contributed by atoms with E-state index in [1.165, 1.54) is 16.3 Å². The minimum Gasteiger partial charge on any atom is -0.322 e. The summed E-state index contributed by atoms with van der Waals surface area (Å²) in [6.45, 7) is 2.90. The molecule has 4 heteroatoms. The summed E-state index contributed by atoms with van der Waals surface area (Å²) in [5, 5.41) is 6.88. The standard InChI is InChI=1S/C17H18BrN3/c1-2-21-17(15(18)11-20-21)16(19)10-13-8-5-7-12-6-3-4-9-14(12)13/h3-9,11,16H,2,10,19H2,1H3. The van der Waals surface area contributed by atoms with Crippen molar-refractivity contribution >= 4 is 26.7 Å². The number of fused-ring (bicyclic) bond motifs is 1. The Morgan fingerprint density at radius 3 is 2.76 bits per heavy atom. The fourth-order valence-corrected chi connectivity index (χ4v) is 3.39. The molecule has 3 rings (SSSR count). The van der Waals surface area contributed by atoms with Crippen molar-refractivity contribution < 1.29 is 0 Å². The molecule has 2 N–H and O–H groups in total. The maximum atomic E-state index is 6.45. The van der Waals surface area contributed by atoms with Crippen LogP contribution in [-0.4, -0.2) is 9.78 Å². The average molecular weight is 344 g/mol. The summed E-state index contributed by atoms with van der Waals surface area (Å²) in [7, 11) is 0. The predicted molar refractivity (Wildman–Crippen MR) is 90.2 cm³/mol. The maximum Gasteiger partial charge on any atom is 0.0696 e. The van der Waals surface area contributed by atoms with Gasteiger partial charge in [-0.15, -0.1) is 0 Å². The summed E-state index contributed by atoms with van der Waals surface area (Å²) >= 11 is 3.56. The summed E-state index contributed by atoms with van der Waals surface area (Å²) in [4.78, 5) is 0. The minimum absolute atomic E-state index is 0.0763. The van der Waals surface area contributed by atoms with Crippen LogP contribution in [0.1, 0.15) is 24.2 Å². The summed E-state index contributed by atoms with van der Waals surface area (Å²) in [5.41, 5.74) is 8.78. The molecule has 1 aromatic heterocycles. The number of hydrogen-bond acceptors (Lipinski definition) is 2. The molecule has 1 atom stereocenters. The number of halogens is 1. The lowest BCUT2D eigenvalue weighted by Gasteiger charge is -2.16. The SMILES string of the molecule is CCn1ncc(Br)c1C(N)Cc1cccc2ccccc12. The Hall–Kier alpha value is -1.65. The first kappa shape index (κ1) is 14.3. The zero-order chi connectivity index (χ0) is 14.8. The Kier molecular flexibility index (Phi) is 4.08. The number of benzene rings is 2. The molecule has 0 fully saturated rings. The van der Waals surface area contributed by atoms with Crippen LogP contribution in [0.2, 0.25) is 0 Å². The first-order chi connectivity index (χ1) is 10.2. The van der Waals surface area contributed by atoms with E-state index in [0.717, 1.165) is 23.1 Å². The number of hydrogen-bond donors (Lipinski definition) is 1. The lowest BCUT2D eigenvalue weighted by molar-refractivity contribution is 0.568. The lowest BCUT2D eigenvalue weighted by atomic mass is 9.98. The summed E-state index contributed by atoms with van der Waals surface area (Å²) in [6.07, 6.45) is 2.62. The van der Waals surface area contributed by atoms with Gasteiger partial charge >= 0.3 is 0 Å². The van der Waals surface area contributed by atoms with E-state index in [1.54, 1.807) is 0 Å². The van der Waals surface area contributed by atoms with E-state index in [9.17, 15) is 0 Å². The van der Waals surface area contributed by atoms with Gasteiger partial charge in [-0.05, 0) is 45.6 Å². The number of aryl methyl sites for hydroxylation is 1. The third kappa shape index (κ3) is 2.74. The average Bonchev–Trinajstić information content (AvgIpc) is 2.88. The zero-order valence-electron chi connectivity index (χ0n) is 12.0. The third-order valence-electron chi connectivity index (χ3n) is 3.80. The molecule has 0 bridgehead atoms. The molecular formula is C17H18BrN3. The molecule has 1 heterocycles. The van der Waals surface area contributed by atoms with Crippen LogP contribution in [0.3, 0.4) is 0 Å². The molecule has 0 saturated carbocycles. The normalized spacial score (nSPS) is 12.7. The molecule has 108 valence electrons. The van der Waals surface area contributed by atoms with Gasteiger partial charge in [0.15, 0.2) is 0 Å². The van der Waals surface area contributed by atoms with Crippen LogP contribution in [0, 0.1) is 0 Å². The van der Waals surface area contributed by atoms with E-state index >= 15 is 0 Å². The Bertz CT molecular complexity index is 758. The van der Waals surface area contributed by atoms with Gasteiger partial charge in [-0.1, -0.05) is 42.5 Å². The largest absolute Gasteiger partial charge is 0.322 e. The fraction of sp³-hybridized carbons (Fsp3) is 0.235. The number of aromatic nitrogens is 2. The Labute approximate surface area is 132 Å². The second-order valence-corrected chi connectivity index (χ2v) is 6.00. The van der Waals surface area contributed by atoms with Crippen LogP contribution in [0.25, 0.3) is 10.8 Å². The van der Waals surface area contributed by atoms with E-state index in [0.29, 0.717) is 0 Å². The zero-order valence-corrected chi connectivity index (χ0v) is 13.5. The first-order valence-corrected chi connectivity index (χ1v) is 7.93. The van der Waals surface area contributed by atoms with Gasteiger partial charge in [-0.2, -0.15) is 5.10 Å². The monoisotopic (exact) mass is 343 g/mol. The van der Waals surface area contributed by atoms with Gasteiger partial charge in [-0.25, -0.2) is 0 Å². The van der Waals surface area contributed by atoms with Gasteiger partial charge in [-0.3, -0.25) is 4.68 Å². The summed E-state index contributed by atoms with van der Waals surface area (Å²) in [6, 6.07) is 14.7. The van der Waals surface area contributed by atoms with Crippen LogP contribution in [0.15, 0.2) is 53.1 Å². The van der Waals surface area contributed by atoms with E-state index in [1.807, 2.05) is 10.9 Å². The molecule has 0 aliphatic heterocycles. The van der Waals surface area contributed by atoms with Crippen LogP contribution < -0.4 is 5.73 Å². The molecule has 0 spiro atoms. The Morgan fingerprint density at radius 1 is 1.19 bits per heavy atom. The van der Waals surface area contributed by atoms with E-state index < -0.39 is 0 Å². The molecular weight excluding hydrogens is 326 g/mol. The highest BCUT2D eigenvalue weighted by Gasteiger charge is 2.17. The highest BCUT2D eigenvalue weighted by Crippen LogP contribution is 2.27. The molecule has 2 aromatic carbocycles. The molecule has 0 saturated heterocycles. The summed E-state index contributed by atoms with van der Waals surface area (Å²) < 4.78 is 2.94. The summed E-state index contributed by atoms with van der Waals surface area (Å²) in [5.74, 6) is 0. The van der Waals surface area contributed by atoms with Gasteiger partial charge in [0.1, 0.15) is 0 Å². The number of rotatable bonds is 4. The van der Waals surface area contributed by atoms with E-state index in [2.05, 4.69) is 70.4 Å². The lowest BCUT2D eigenvalue weighted by Crippen LogP contribution is -2.19. The Balaban J connectivity index is 1.96. The predicted octanol–water partition coefficient (Wildman–Crippen LogP) is 4.06. The number of nitrogens with two attached hydrogens (primary N) is 1. The first-order valence-electron chi connectivity index (χ1n) is 7.14. The van der Waals surface area contributed by atoms with E-state index in [4.69, 9.17) is 5.73 Å². The molecule has 0 amide bonds. The smallest absolute Gasteiger partial charge is 0.0696 e. The molecule has 3 aromatic rings. The molecule has 0 aliphatic carbocycles. The molecule has 1 unspecified atom stereocenters. The highest BCUT2D eigenvalue weighted by molar-refractivity contribution is 9.10. The molecule has 0 radical (unpaired) electrons. The van der Waals surface area contributed by atoms with Crippen molar-refractivity contribution in [3.63, 3.8) is 0 Å². The molecule has 0 aliphatic rings. The van der Waals surface area contributed by atoms with Gasteiger partial charge < -0.3 is 5.73 Å². The Morgan fingerprint density at radius 2 is 1.95 bits per heavy atom. The molecule has 21 heavy (non-hydrogen) atoms. The fourth-order valence-electron chi connectivity index (χ4n) is 2.80. The van der Waals surface area contributed by atoms with Gasteiger partial charge in [0.25, 0.3) is 0 Å². The van der Waals surface area contributed by atoms with Crippen molar-refractivity contribution in [2.75, 3.05) is 0 Å². The van der Waals surface area contributed by atoms with Gasteiger partial charge in [0, 0.05) is 6.54 Å². The topological polar surface area (TPSA) is 43.8 Å². The van der Waals surface area contributed by atoms with Crippen molar-refractivity contribution in [3.8, 4) is 0 Å². The van der Waals surface area contributed by atoms with Crippen molar-refractivity contribution in [1.29, 1.82) is 0 Å². The van der Waals surface area contributed by atoms with Crippen molar-refractivity contribution in [2.24, 2.45) is 5.73 Å². The van der Waals surface area contributed by atoms with Crippen molar-refractivity contribution in [1.82, 2.24) is 9.78 Å². The van der Waals surface area contributed by atoms with Crippen LogP contribution >= 0.6 is 15.9 Å². The van der Waals surface area contributed by atoms with Crippen LogP contribution in [-0.2, 0) is 13.0 Å². The third-order valence-corrected chi connectivity index (χ3v) is 4.41. The van der Waals surface area contributed by atoms with Crippen LogP contribution in [0.5, 0.6) is 0 Å². The van der Waals surface area contributed by atoms with E-state index in [-0.39, 0.29) is 6.04 Å². The quantitative estimate of drug-likeness (QED) is 0.776. The number of nitrogens with zero attached hydrogens (tertiary/aromatic N) is 2. The second-order valence-electron chi connectivity index (χ2n) is 5.14. The van der Waals surface area contributed by atoms with Gasteiger partial charge in [0.2, 0.25) is 0 Å². The highest BCUT2D eigenvalue weighted by atomic mass is 79.9. The molecule has 3 nitrogen and oxygen atoms in total. The van der Waals surface area contributed by atoms with Crippen molar-refractivity contribution in [3.05, 3.63) is 64.4 Å². The van der Waals surface area contributed by atoms with Crippen LogP contribution in [0.4, 0.5) is 0 Å².